The highest BCUT2D eigenvalue weighted by atomic mass is 16.2. The number of carbonyl (C=O) groups excluding carboxylic acids is 1. The molecule has 0 radical (unpaired) electrons. The first-order chi connectivity index (χ1) is 10.2. The van der Waals surface area contributed by atoms with Crippen LogP contribution in [0.15, 0.2) is 48.7 Å². The van der Waals surface area contributed by atoms with Crippen molar-refractivity contribution < 1.29 is 4.79 Å². The van der Waals surface area contributed by atoms with Gasteiger partial charge in [-0.3, -0.25) is 4.79 Å². The number of para-hydroxylation sites is 1. The molecular formula is C16H18N4O. The highest BCUT2D eigenvalue weighted by Gasteiger charge is 2.49. The van der Waals surface area contributed by atoms with Gasteiger partial charge in [-0.15, -0.1) is 0 Å². The molecule has 4 N–H and O–H groups in total. The van der Waals surface area contributed by atoms with Gasteiger partial charge in [-0.2, -0.15) is 0 Å². The molecule has 1 aromatic heterocycles. The minimum Gasteiger partial charge on any atom is -0.384 e. The second-order valence-corrected chi connectivity index (χ2v) is 5.35. The molecule has 3 rings (SSSR count). The molecule has 5 nitrogen and oxygen atoms in total. The standard InChI is InChI=1S/C16H18N4O/c17-14-7-6-12(10-18-14)11-19-15(21)16(8-9-16)20-13-4-2-1-3-5-13/h1-7,10,20H,8-9,11H2,(H2,17,18)(H,19,21). The predicted molar refractivity (Wildman–Crippen MR) is 82.5 cm³/mol. The van der Waals surface area contributed by atoms with Crippen LogP contribution in [0.1, 0.15) is 18.4 Å². The fraction of sp³-hybridized carbons (Fsp3) is 0.250. The predicted octanol–water partition coefficient (Wildman–Crippen LogP) is 1.92. The largest absolute Gasteiger partial charge is 0.384 e. The van der Waals surface area contributed by atoms with Gasteiger partial charge in [0.25, 0.3) is 0 Å². The van der Waals surface area contributed by atoms with Crippen molar-refractivity contribution in [2.45, 2.75) is 24.9 Å². The lowest BCUT2D eigenvalue weighted by Crippen LogP contribution is -2.41. The lowest BCUT2D eigenvalue weighted by atomic mass is 10.2. The fourth-order valence-electron chi connectivity index (χ4n) is 2.22. The lowest BCUT2D eigenvalue weighted by molar-refractivity contribution is -0.122. The Kier molecular flexibility index (Phi) is 3.48. The topological polar surface area (TPSA) is 80.0 Å². The number of hydrogen-bond acceptors (Lipinski definition) is 4. The fourth-order valence-corrected chi connectivity index (χ4v) is 2.22. The Morgan fingerprint density at radius 3 is 2.57 bits per heavy atom. The number of anilines is 2. The molecule has 2 aromatic rings. The number of nitrogen functional groups attached to an aromatic ring is 1. The average Bonchev–Trinajstić information content (AvgIpc) is 3.28. The first-order valence-electron chi connectivity index (χ1n) is 7.00. The van der Waals surface area contributed by atoms with Crippen LogP contribution >= 0.6 is 0 Å². The Morgan fingerprint density at radius 1 is 1.19 bits per heavy atom. The summed E-state index contributed by atoms with van der Waals surface area (Å²) in [5.41, 5.74) is 6.99. The maximum absolute atomic E-state index is 12.4. The zero-order chi connectivity index (χ0) is 14.7. The second kappa shape index (κ2) is 5.44. The summed E-state index contributed by atoms with van der Waals surface area (Å²) in [4.78, 5) is 16.4. The third-order valence-electron chi connectivity index (χ3n) is 3.64. The number of aromatic nitrogens is 1. The zero-order valence-corrected chi connectivity index (χ0v) is 11.7. The first kappa shape index (κ1) is 13.4. The molecular weight excluding hydrogens is 264 g/mol. The molecule has 0 aliphatic heterocycles. The van der Waals surface area contributed by atoms with Gasteiger partial charge in [0.1, 0.15) is 11.4 Å². The molecule has 0 bridgehead atoms. The molecule has 1 aliphatic carbocycles. The molecule has 1 fully saturated rings. The molecule has 5 heteroatoms. The maximum Gasteiger partial charge on any atom is 0.245 e. The van der Waals surface area contributed by atoms with Crippen LogP contribution in [0.5, 0.6) is 0 Å². The molecule has 1 heterocycles. The number of carbonyl (C=O) groups is 1. The van der Waals surface area contributed by atoms with Gasteiger partial charge < -0.3 is 16.4 Å². The summed E-state index contributed by atoms with van der Waals surface area (Å²) in [6.45, 7) is 0.463. The van der Waals surface area contributed by atoms with Crippen LogP contribution in [0, 0.1) is 0 Å². The molecule has 0 atom stereocenters. The summed E-state index contributed by atoms with van der Waals surface area (Å²) in [6.07, 6.45) is 3.39. The van der Waals surface area contributed by atoms with Crippen molar-refractivity contribution in [3.05, 3.63) is 54.2 Å². The number of benzene rings is 1. The number of rotatable bonds is 5. The molecule has 0 saturated heterocycles. The van der Waals surface area contributed by atoms with Gasteiger partial charge in [-0.1, -0.05) is 24.3 Å². The summed E-state index contributed by atoms with van der Waals surface area (Å²) >= 11 is 0. The minimum atomic E-state index is -0.456. The van der Waals surface area contributed by atoms with Crippen LogP contribution in [0.25, 0.3) is 0 Å². The summed E-state index contributed by atoms with van der Waals surface area (Å²) in [7, 11) is 0. The third-order valence-corrected chi connectivity index (χ3v) is 3.64. The number of hydrogen-bond donors (Lipinski definition) is 3. The van der Waals surface area contributed by atoms with E-state index in [2.05, 4.69) is 15.6 Å². The molecule has 108 valence electrons. The van der Waals surface area contributed by atoms with Gasteiger partial charge in [0.05, 0.1) is 0 Å². The Morgan fingerprint density at radius 2 is 1.95 bits per heavy atom. The average molecular weight is 282 g/mol. The van der Waals surface area contributed by atoms with E-state index in [-0.39, 0.29) is 5.91 Å². The molecule has 1 saturated carbocycles. The summed E-state index contributed by atoms with van der Waals surface area (Å²) in [5.74, 6) is 0.512. The lowest BCUT2D eigenvalue weighted by Gasteiger charge is -2.18. The Balaban J connectivity index is 1.59. The number of amides is 1. The van der Waals surface area contributed by atoms with E-state index < -0.39 is 5.54 Å². The number of nitrogens with zero attached hydrogens (tertiary/aromatic N) is 1. The van der Waals surface area contributed by atoms with Gasteiger partial charge in [0.15, 0.2) is 0 Å². The second-order valence-electron chi connectivity index (χ2n) is 5.35. The van der Waals surface area contributed by atoms with Crippen LogP contribution in [-0.2, 0) is 11.3 Å². The van der Waals surface area contributed by atoms with E-state index in [4.69, 9.17) is 5.73 Å². The maximum atomic E-state index is 12.4. The van der Waals surface area contributed by atoms with Crippen molar-refractivity contribution in [1.82, 2.24) is 10.3 Å². The Hall–Kier alpha value is -2.56. The SMILES string of the molecule is Nc1ccc(CNC(=O)C2(Nc3ccccc3)CC2)cn1. The molecule has 0 spiro atoms. The highest BCUT2D eigenvalue weighted by Crippen LogP contribution is 2.39. The van der Waals surface area contributed by atoms with Crippen molar-refractivity contribution >= 4 is 17.4 Å². The summed E-state index contributed by atoms with van der Waals surface area (Å²) in [6, 6.07) is 13.4. The molecule has 1 amide bonds. The van der Waals surface area contributed by atoms with E-state index >= 15 is 0 Å². The zero-order valence-electron chi connectivity index (χ0n) is 11.7. The minimum absolute atomic E-state index is 0.0307. The van der Waals surface area contributed by atoms with Gasteiger partial charge in [0, 0.05) is 18.4 Å². The first-order valence-corrected chi connectivity index (χ1v) is 7.00. The van der Waals surface area contributed by atoms with Crippen LogP contribution in [0.2, 0.25) is 0 Å². The van der Waals surface area contributed by atoms with E-state index in [0.29, 0.717) is 12.4 Å². The molecule has 21 heavy (non-hydrogen) atoms. The Labute approximate surface area is 123 Å². The summed E-state index contributed by atoms with van der Waals surface area (Å²) in [5, 5.41) is 6.29. The van der Waals surface area contributed by atoms with Crippen molar-refractivity contribution in [3.8, 4) is 0 Å². The van der Waals surface area contributed by atoms with Crippen LogP contribution in [-0.4, -0.2) is 16.4 Å². The van der Waals surface area contributed by atoms with Crippen LogP contribution in [0.3, 0.4) is 0 Å². The van der Waals surface area contributed by atoms with Crippen molar-refractivity contribution in [3.63, 3.8) is 0 Å². The smallest absolute Gasteiger partial charge is 0.245 e. The van der Waals surface area contributed by atoms with Crippen molar-refractivity contribution in [2.24, 2.45) is 0 Å². The molecule has 1 aliphatic rings. The number of nitrogens with two attached hydrogens (primary N) is 1. The number of nitrogens with one attached hydrogen (secondary N) is 2. The van der Waals surface area contributed by atoms with E-state index in [9.17, 15) is 4.79 Å². The Bertz CT molecular complexity index is 620. The molecule has 1 aromatic carbocycles. The highest BCUT2D eigenvalue weighted by molar-refractivity contribution is 5.92. The van der Waals surface area contributed by atoms with E-state index in [0.717, 1.165) is 24.1 Å². The van der Waals surface area contributed by atoms with E-state index in [1.54, 1.807) is 12.3 Å². The van der Waals surface area contributed by atoms with E-state index in [1.807, 2.05) is 36.4 Å². The van der Waals surface area contributed by atoms with E-state index in [1.165, 1.54) is 0 Å². The third kappa shape index (κ3) is 3.13. The normalized spacial score (nSPS) is 15.2. The van der Waals surface area contributed by atoms with Crippen molar-refractivity contribution in [2.75, 3.05) is 11.1 Å². The van der Waals surface area contributed by atoms with Gasteiger partial charge in [-0.25, -0.2) is 4.98 Å². The van der Waals surface area contributed by atoms with Crippen LogP contribution < -0.4 is 16.4 Å². The molecule has 0 unspecified atom stereocenters. The monoisotopic (exact) mass is 282 g/mol. The van der Waals surface area contributed by atoms with Gasteiger partial charge >= 0.3 is 0 Å². The van der Waals surface area contributed by atoms with Gasteiger partial charge in [0.2, 0.25) is 5.91 Å². The quantitative estimate of drug-likeness (QED) is 0.782. The summed E-state index contributed by atoms with van der Waals surface area (Å²) < 4.78 is 0. The van der Waals surface area contributed by atoms with Crippen molar-refractivity contribution in [1.29, 1.82) is 0 Å². The number of pyridine rings is 1. The van der Waals surface area contributed by atoms with Crippen LogP contribution in [0.4, 0.5) is 11.5 Å². The van der Waals surface area contributed by atoms with Gasteiger partial charge in [-0.05, 0) is 36.6 Å².